The summed E-state index contributed by atoms with van der Waals surface area (Å²) in [4.78, 5) is -1.42. The molecule has 0 amide bonds. The molecule has 0 heterocycles. The SMILES string of the molecule is CCCCCCCCCCCCc1cc(O)c(S(=O)(=O)O)c(Oc2ccccc2)c1.CCCCCCCCCCCCc1cc([O-])c(S(=O)(=O)[O-])c(Oc2ccccc2)c1.[Ca+2]. The molecule has 0 aliphatic heterocycles. The molecule has 0 atom stereocenters. The van der Waals surface area contributed by atoms with Gasteiger partial charge in [-0.2, -0.15) is 8.42 Å². The fourth-order valence-electron chi connectivity index (χ4n) is 7.08. The number of hydrogen-bond acceptors (Lipinski definition) is 9. The van der Waals surface area contributed by atoms with Crippen LogP contribution in [0.25, 0.3) is 0 Å². The van der Waals surface area contributed by atoms with Crippen LogP contribution in [0.2, 0.25) is 0 Å². The minimum absolute atomic E-state index is 0. The molecule has 0 radical (unpaired) electrons. The number of phenolic OH excluding ortho intramolecular Hbond substituents is 1. The van der Waals surface area contributed by atoms with Crippen molar-refractivity contribution in [2.24, 2.45) is 0 Å². The van der Waals surface area contributed by atoms with Crippen molar-refractivity contribution in [3.8, 4) is 34.5 Å². The Morgan fingerprint density at radius 1 is 0.508 bits per heavy atom. The molecule has 0 bridgehead atoms. The quantitative estimate of drug-likeness (QED) is 0.0317. The molecular weight excluding hydrogens is 841 g/mol. The zero-order chi connectivity index (χ0) is 43.6. The summed E-state index contributed by atoms with van der Waals surface area (Å²) in [6.45, 7) is 4.45. The van der Waals surface area contributed by atoms with E-state index in [-0.39, 0.29) is 49.2 Å². The summed E-state index contributed by atoms with van der Waals surface area (Å²) >= 11 is 0. The summed E-state index contributed by atoms with van der Waals surface area (Å²) in [5, 5.41) is 22.5. The van der Waals surface area contributed by atoms with Crippen LogP contribution >= 0.6 is 0 Å². The number of benzene rings is 4. The summed E-state index contributed by atoms with van der Waals surface area (Å²) < 4.78 is 79.0. The normalized spacial score (nSPS) is 11.3. The second kappa shape index (κ2) is 30.3. The van der Waals surface area contributed by atoms with Crippen molar-refractivity contribution in [3.05, 3.63) is 96.1 Å². The average molecular weight is 907 g/mol. The van der Waals surface area contributed by atoms with Crippen LogP contribution in [0.1, 0.15) is 153 Å². The number of hydrogen-bond donors (Lipinski definition) is 2. The van der Waals surface area contributed by atoms with Crippen molar-refractivity contribution in [1.29, 1.82) is 0 Å². The molecule has 0 aliphatic carbocycles. The first-order chi connectivity index (χ1) is 28.8. The summed E-state index contributed by atoms with van der Waals surface area (Å²) in [5.41, 5.74) is 1.48. The van der Waals surface area contributed by atoms with Crippen LogP contribution in [0.4, 0.5) is 0 Å². The second-order valence-corrected chi connectivity index (χ2v) is 18.2. The van der Waals surface area contributed by atoms with E-state index < -0.39 is 41.5 Å². The minimum atomic E-state index is -4.93. The van der Waals surface area contributed by atoms with E-state index in [0.717, 1.165) is 37.7 Å². The Morgan fingerprint density at radius 2 is 0.852 bits per heavy atom. The standard InChI is InChI=1S/2C24H34O5S.Ca/c2*1-2-3-4-5-6-7-8-9-10-12-15-20-18-22(25)24(30(26,27)28)23(19-20)29-21-16-13-11-14-17-21;/h2*11,13-14,16-19,25H,2-10,12,15H2,1H3,(H,26,27,28);/q;;+2/p-2. The van der Waals surface area contributed by atoms with Crippen molar-refractivity contribution >= 4 is 58.0 Å². The molecule has 0 aromatic heterocycles. The van der Waals surface area contributed by atoms with Crippen LogP contribution in [0, 0.1) is 0 Å². The third-order valence-electron chi connectivity index (χ3n) is 10.3. The van der Waals surface area contributed by atoms with Crippen LogP contribution in [0.3, 0.4) is 0 Å². The molecule has 61 heavy (non-hydrogen) atoms. The van der Waals surface area contributed by atoms with E-state index in [9.17, 15) is 36.2 Å². The minimum Gasteiger partial charge on any atom is -0.872 e. The third kappa shape index (κ3) is 21.9. The molecule has 4 aromatic carbocycles. The molecule has 13 heteroatoms. The molecule has 0 saturated carbocycles. The number of aryl methyl sites for hydroxylation is 2. The largest absolute Gasteiger partial charge is 2.00 e. The maximum absolute atomic E-state index is 12.3. The van der Waals surface area contributed by atoms with Gasteiger partial charge in [0.15, 0.2) is 10.6 Å². The molecular formula is C48H66CaO10S2. The Morgan fingerprint density at radius 3 is 1.21 bits per heavy atom. The van der Waals surface area contributed by atoms with Gasteiger partial charge >= 0.3 is 47.9 Å². The van der Waals surface area contributed by atoms with Gasteiger partial charge in [0, 0.05) is 0 Å². The van der Waals surface area contributed by atoms with E-state index in [1.165, 1.54) is 115 Å². The van der Waals surface area contributed by atoms with Gasteiger partial charge < -0.3 is 24.2 Å². The van der Waals surface area contributed by atoms with Gasteiger partial charge in [-0.15, -0.1) is 0 Å². The maximum atomic E-state index is 12.3. The van der Waals surface area contributed by atoms with E-state index in [4.69, 9.17) is 9.47 Å². The van der Waals surface area contributed by atoms with E-state index in [1.807, 2.05) is 6.07 Å². The summed E-state index contributed by atoms with van der Waals surface area (Å²) in [5.74, 6) is -0.749. The van der Waals surface area contributed by atoms with Gasteiger partial charge in [0.05, 0.1) is 4.90 Å². The molecule has 0 saturated heterocycles. The van der Waals surface area contributed by atoms with Gasteiger partial charge in [0.1, 0.15) is 33.1 Å². The predicted molar refractivity (Wildman–Crippen MR) is 242 cm³/mol. The average Bonchev–Trinajstić information content (AvgIpc) is 3.19. The van der Waals surface area contributed by atoms with Gasteiger partial charge in [0.25, 0.3) is 0 Å². The van der Waals surface area contributed by atoms with Crippen molar-refractivity contribution < 1.29 is 45.6 Å². The Bertz CT molecular complexity index is 1880. The van der Waals surface area contributed by atoms with Gasteiger partial charge in [0.2, 0.25) is 0 Å². The topological polar surface area (TPSA) is 173 Å². The first kappa shape index (κ1) is 54.3. The number of ether oxygens (including phenoxy) is 2. The smallest absolute Gasteiger partial charge is 0.872 e. The molecule has 0 unspecified atom stereocenters. The number of aromatic hydroxyl groups is 1. The van der Waals surface area contributed by atoms with Gasteiger partial charge in [-0.05, 0) is 79.3 Å². The summed E-state index contributed by atoms with van der Waals surface area (Å²) in [6, 6.07) is 23.0. The molecule has 332 valence electrons. The number of para-hydroxylation sites is 2. The number of unbranched alkanes of at least 4 members (excludes halogenated alkanes) is 18. The van der Waals surface area contributed by atoms with Crippen molar-refractivity contribution in [1.82, 2.24) is 0 Å². The van der Waals surface area contributed by atoms with Crippen LogP contribution in [-0.4, -0.2) is 68.8 Å². The predicted octanol–water partition coefficient (Wildman–Crippen LogP) is 12.4. The Kier molecular flexibility index (Phi) is 27.0. The zero-order valence-electron chi connectivity index (χ0n) is 36.3. The van der Waals surface area contributed by atoms with Gasteiger partial charge in [-0.25, -0.2) is 8.42 Å². The number of rotatable bonds is 28. The fourth-order valence-corrected chi connectivity index (χ4v) is 8.41. The zero-order valence-corrected chi connectivity index (χ0v) is 40.2. The van der Waals surface area contributed by atoms with Crippen LogP contribution in [-0.2, 0) is 33.1 Å². The molecule has 4 rings (SSSR count). The van der Waals surface area contributed by atoms with Crippen molar-refractivity contribution in [3.63, 3.8) is 0 Å². The monoisotopic (exact) mass is 906 g/mol. The van der Waals surface area contributed by atoms with E-state index in [0.29, 0.717) is 29.9 Å². The maximum Gasteiger partial charge on any atom is 2.00 e. The Hall–Kier alpha value is -2.84. The molecule has 0 spiro atoms. The molecule has 0 fully saturated rings. The van der Waals surface area contributed by atoms with Crippen LogP contribution in [0.5, 0.6) is 34.5 Å². The molecule has 0 aliphatic rings. The first-order valence-electron chi connectivity index (χ1n) is 21.9. The van der Waals surface area contributed by atoms with Crippen molar-refractivity contribution in [2.45, 2.75) is 165 Å². The summed E-state index contributed by atoms with van der Waals surface area (Å²) in [6.07, 6.45) is 25.8. The fraction of sp³-hybridized carbons (Fsp3) is 0.500. The molecule has 4 aromatic rings. The van der Waals surface area contributed by atoms with E-state index in [1.54, 1.807) is 60.7 Å². The van der Waals surface area contributed by atoms with E-state index >= 15 is 0 Å². The first-order valence-corrected chi connectivity index (χ1v) is 24.8. The Balaban J connectivity index is 0.000000413. The third-order valence-corrected chi connectivity index (χ3v) is 12.1. The number of phenols is 1. The van der Waals surface area contributed by atoms with Gasteiger partial charge in [-0.3, -0.25) is 4.55 Å². The van der Waals surface area contributed by atoms with Gasteiger partial charge in [-0.1, -0.05) is 178 Å². The van der Waals surface area contributed by atoms with E-state index in [2.05, 4.69) is 13.8 Å². The van der Waals surface area contributed by atoms with Crippen LogP contribution in [0.15, 0.2) is 94.7 Å². The van der Waals surface area contributed by atoms with Crippen molar-refractivity contribution in [2.75, 3.05) is 0 Å². The molecule has 10 nitrogen and oxygen atoms in total. The molecule has 2 N–H and O–H groups in total. The summed E-state index contributed by atoms with van der Waals surface area (Å²) in [7, 11) is -9.55. The van der Waals surface area contributed by atoms with Crippen LogP contribution < -0.4 is 14.6 Å². The second-order valence-electron chi connectivity index (χ2n) is 15.5. The Labute approximate surface area is 396 Å².